The summed E-state index contributed by atoms with van der Waals surface area (Å²) in [6.45, 7) is 3.77. The number of hydrogen-bond donors (Lipinski definition) is 0. The zero-order valence-corrected chi connectivity index (χ0v) is 30.2. The van der Waals surface area contributed by atoms with Crippen molar-refractivity contribution >= 4 is 61.9 Å². The number of anilines is 3. The fourth-order valence-electron chi connectivity index (χ4n) is 7.88. The molecule has 55 heavy (non-hydrogen) atoms. The van der Waals surface area contributed by atoms with Crippen LogP contribution in [0, 0.1) is 0 Å². The van der Waals surface area contributed by atoms with Crippen LogP contribution in [0.2, 0.25) is 0 Å². The average molecular weight is 709 g/mol. The standard InChI is InChI=1S/C51H36N2O2/c1-2-3-16-44-33-52-51(54-44)47-31-40-15-9-10-17-45(40)49-46-29-23-39(32-48(46)55-50(47)49)37-20-26-42(27-21-37)53(43-28-22-35-13-7-8-14-38(35)30-43)41-24-18-36(19-25-41)34-11-5-4-6-12-34/h2-9,11-16,18-33H,1,10,17H2/b16-3-. The van der Waals surface area contributed by atoms with Crippen molar-refractivity contribution in [2.45, 2.75) is 12.8 Å². The lowest BCUT2D eigenvalue weighted by molar-refractivity contribution is 0.563. The van der Waals surface area contributed by atoms with Gasteiger partial charge in [0.1, 0.15) is 16.9 Å². The molecule has 2 aromatic heterocycles. The lowest BCUT2D eigenvalue weighted by Crippen LogP contribution is -2.09. The molecule has 0 bridgehead atoms. The molecule has 1 aliphatic carbocycles. The predicted molar refractivity (Wildman–Crippen MR) is 229 cm³/mol. The van der Waals surface area contributed by atoms with Crippen molar-refractivity contribution in [3.63, 3.8) is 0 Å². The fourth-order valence-corrected chi connectivity index (χ4v) is 7.88. The normalized spacial score (nSPS) is 12.5. The molecule has 9 aromatic rings. The summed E-state index contributed by atoms with van der Waals surface area (Å²) in [5, 5.41) is 4.66. The van der Waals surface area contributed by atoms with E-state index in [2.05, 4.69) is 174 Å². The van der Waals surface area contributed by atoms with Gasteiger partial charge in [0.25, 0.3) is 0 Å². The van der Waals surface area contributed by atoms with E-state index in [-0.39, 0.29) is 0 Å². The van der Waals surface area contributed by atoms with Gasteiger partial charge < -0.3 is 13.7 Å². The largest absolute Gasteiger partial charge is 0.455 e. The molecule has 0 unspecified atom stereocenters. The Labute approximate surface area is 319 Å². The van der Waals surface area contributed by atoms with Crippen molar-refractivity contribution in [3.05, 3.63) is 193 Å². The number of furan rings is 1. The van der Waals surface area contributed by atoms with Crippen LogP contribution in [0.25, 0.3) is 78.6 Å². The first kappa shape index (κ1) is 32.5. The second-order valence-electron chi connectivity index (χ2n) is 13.9. The predicted octanol–water partition coefficient (Wildman–Crippen LogP) is 14.4. The number of nitrogens with zero attached hydrogens (tertiary/aromatic N) is 2. The molecule has 10 rings (SSSR count). The number of allylic oxidation sites excluding steroid dienone is 3. The zero-order valence-electron chi connectivity index (χ0n) is 30.2. The number of benzene rings is 7. The summed E-state index contributed by atoms with van der Waals surface area (Å²) < 4.78 is 12.9. The molecule has 0 radical (unpaired) electrons. The highest BCUT2D eigenvalue weighted by atomic mass is 16.4. The summed E-state index contributed by atoms with van der Waals surface area (Å²) in [5.74, 6) is 1.21. The third kappa shape index (κ3) is 5.94. The first-order valence-corrected chi connectivity index (χ1v) is 18.7. The van der Waals surface area contributed by atoms with Crippen LogP contribution in [0.15, 0.2) is 185 Å². The van der Waals surface area contributed by atoms with Crippen molar-refractivity contribution in [2.75, 3.05) is 4.90 Å². The minimum absolute atomic E-state index is 0.538. The third-order valence-corrected chi connectivity index (χ3v) is 10.6. The van der Waals surface area contributed by atoms with E-state index in [1.165, 1.54) is 33.0 Å². The number of aromatic nitrogens is 1. The van der Waals surface area contributed by atoms with E-state index in [1.807, 2.05) is 12.2 Å². The van der Waals surface area contributed by atoms with Gasteiger partial charge in [0.2, 0.25) is 5.89 Å². The summed E-state index contributed by atoms with van der Waals surface area (Å²) in [4.78, 5) is 6.96. The van der Waals surface area contributed by atoms with Crippen LogP contribution in [-0.4, -0.2) is 4.98 Å². The summed E-state index contributed by atoms with van der Waals surface area (Å²) in [6, 6.07) is 52.1. The molecule has 0 saturated carbocycles. The van der Waals surface area contributed by atoms with Crippen LogP contribution >= 0.6 is 0 Å². The number of aryl methyl sites for hydroxylation is 1. The van der Waals surface area contributed by atoms with Crippen LogP contribution < -0.4 is 4.90 Å². The van der Waals surface area contributed by atoms with Crippen molar-refractivity contribution in [3.8, 4) is 33.7 Å². The van der Waals surface area contributed by atoms with E-state index in [9.17, 15) is 0 Å². The first-order valence-electron chi connectivity index (χ1n) is 18.7. The molecule has 4 heteroatoms. The molecule has 0 amide bonds. The molecule has 4 nitrogen and oxygen atoms in total. The lowest BCUT2D eigenvalue weighted by Gasteiger charge is -2.26. The quantitative estimate of drug-likeness (QED) is 0.147. The van der Waals surface area contributed by atoms with Gasteiger partial charge in [0.15, 0.2) is 0 Å². The SMILES string of the molecule is C=C/C=C\c1cnc(-c2cc3c(c4c2oc2cc(-c5ccc(N(c6ccc(-c7ccccc7)cc6)c6ccc7ccccc7c6)cc5)ccc24)CCC=C3)o1. The minimum atomic E-state index is 0.538. The molecule has 0 saturated heterocycles. The monoisotopic (exact) mass is 708 g/mol. The van der Waals surface area contributed by atoms with E-state index < -0.39 is 0 Å². The minimum Gasteiger partial charge on any atom is -0.455 e. The van der Waals surface area contributed by atoms with Crippen LogP contribution in [0.5, 0.6) is 0 Å². The van der Waals surface area contributed by atoms with Gasteiger partial charge in [-0.2, -0.15) is 0 Å². The van der Waals surface area contributed by atoms with Crippen LogP contribution in [0.3, 0.4) is 0 Å². The van der Waals surface area contributed by atoms with Crippen molar-refractivity contribution in [1.82, 2.24) is 4.98 Å². The maximum absolute atomic E-state index is 6.74. The Bertz CT molecular complexity index is 2930. The Morgan fingerprint density at radius 3 is 2.11 bits per heavy atom. The van der Waals surface area contributed by atoms with Crippen LogP contribution in [-0.2, 0) is 6.42 Å². The Morgan fingerprint density at radius 1 is 0.636 bits per heavy atom. The molecule has 262 valence electrons. The summed E-state index contributed by atoms with van der Waals surface area (Å²) in [5.41, 5.74) is 12.9. The Kier molecular flexibility index (Phi) is 8.07. The number of oxazole rings is 1. The van der Waals surface area contributed by atoms with Gasteiger partial charge in [-0.3, -0.25) is 0 Å². The van der Waals surface area contributed by atoms with E-state index in [0.29, 0.717) is 11.7 Å². The summed E-state index contributed by atoms with van der Waals surface area (Å²) in [6.07, 6.45) is 13.6. The Balaban J connectivity index is 1.04. The molecule has 0 N–H and O–H groups in total. The average Bonchev–Trinajstić information content (AvgIpc) is 3.89. The summed E-state index contributed by atoms with van der Waals surface area (Å²) in [7, 11) is 0. The van der Waals surface area contributed by atoms with Gasteiger partial charge in [-0.25, -0.2) is 4.98 Å². The van der Waals surface area contributed by atoms with E-state index in [1.54, 1.807) is 12.3 Å². The lowest BCUT2D eigenvalue weighted by atomic mass is 9.90. The van der Waals surface area contributed by atoms with Gasteiger partial charge in [-0.15, -0.1) is 0 Å². The number of fused-ring (bicyclic) bond motifs is 6. The Hall–Kier alpha value is -7.17. The number of hydrogen-bond acceptors (Lipinski definition) is 4. The maximum atomic E-state index is 6.74. The fraction of sp³-hybridized carbons (Fsp3) is 0.0392. The second-order valence-corrected chi connectivity index (χ2v) is 13.9. The zero-order chi connectivity index (χ0) is 36.7. The molecule has 0 spiro atoms. The van der Waals surface area contributed by atoms with Crippen molar-refractivity contribution in [1.29, 1.82) is 0 Å². The molecule has 7 aromatic carbocycles. The first-order chi connectivity index (χ1) is 27.2. The highest BCUT2D eigenvalue weighted by Gasteiger charge is 2.23. The highest BCUT2D eigenvalue weighted by Crippen LogP contribution is 2.43. The van der Waals surface area contributed by atoms with Gasteiger partial charge in [0.05, 0.1) is 11.8 Å². The molecule has 2 heterocycles. The van der Waals surface area contributed by atoms with E-state index >= 15 is 0 Å². The topological polar surface area (TPSA) is 42.4 Å². The molecule has 0 atom stereocenters. The van der Waals surface area contributed by atoms with Crippen molar-refractivity contribution < 1.29 is 8.83 Å². The molecule has 1 aliphatic rings. The van der Waals surface area contributed by atoms with Crippen molar-refractivity contribution in [2.24, 2.45) is 0 Å². The molecular weight excluding hydrogens is 673 g/mol. The Morgan fingerprint density at radius 2 is 1.33 bits per heavy atom. The van der Waals surface area contributed by atoms with Gasteiger partial charge in [-0.05, 0) is 118 Å². The maximum Gasteiger partial charge on any atom is 0.230 e. The molecule has 0 fully saturated rings. The smallest absolute Gasteiger partial charge is 0.230 e. The van der Waals surface area contributed by atoms with Gasteiger partial charge in [-0.1, -0.05) is 122 Å². The third-order valence-electron chi connectivity index (χ3n) is 10.6. The van der Waals surface area contributed by atoms with E-state index in [0.717, 1.165) is 68.5 Å². The summed E-state index contributed by atoms with van der Waals surface area (Å²) >= 11 is 0. The molecular formula is C51H36N2O2. The van der Waals surface area contributed by atoms with Gasteiger partial charge >= 0.3 is 0 Å². The molecule has 0 aliphatic heterocycles. The van der Waals surface area contributed by atoms with E-state index in [4.69, 9.17) is 8.83 Å². The van der Waals surface area contributed by atoms with Crippen LogP contribution in [0.1, 0.15) is 23.3 Å². The van der Waals surface area contributed by atoms with Gasteiger partial charge in [0, 0.05) is 27.8 Å². The van der Waals surface area contributed by atoms with Crippen LogP contribution in [0.4, 0.5) is 17.1 Å². The highest BCUT2D eigenvalue weighted by molar-refractivity contribution is 6.12. The number of rotatable bonds is 8. The second kappa shape index (κ2) is 13.7.